The van der Waals surface area contributed by atoms with Gasteiger partial charge < -0.3 is 13.6 Å². The molecule has 3 aromatic heterocycles. The van der Waals surface area contributed by atoms with E-state index in [1.165, 1.54) is 60.3 Å². The third-order valence-electron chi connectivity index (χ3n) is 11.7. The minimum atomic E-state index is 0.887. The van der Waals surface area contributed by atoms with Gasteiger partial charge in [0.1, 0.15) is 11.2 Å². The zero-order chi connectivity index (χ0) is 37.5. The smallest absolute Gasteiger partial charge is 0.145 e. The summed E-state index contributed by atoms with van der Waals surface area (Å²) in [5, 5.41) is 7.14. The molecule has 0 amide bonds. The van der Waals surface area contributed by atoms with E-state index in [0.717, 1.165) is 50.0 Å². The van der Waals surface area contributed by atoms with Gasteiger partial charge in [0.25, 0.3) is 0 Å². The summed E-state index contributed by atoms with van der Waals surface area (Å²) in [6.07, 6.45) is 0. The molecule has 0 aliphatic rings. The highest BCUT2D eigenvalue weighted by atomic mass is 16.3. The number of benzene rings is 9. The van der Waals surface area contributed by atoms with Crippen molar-refractivity contribution in [2.24, 2.45) is 0 Å². The van der Waals surface area contributed by atoms with Crippen molar-refractivity contribution in [3.63, 3.8) is 0 Å². The number of aromatic nitrogens is 2. The fraction of sp³-hybridized carbons (Fsp3) is 0. The molecule has 0 spiro atoms. The van der Waals surface area contributed by atoms with Crippen molar-refractivity contribution in [1.82, 2.24) is 9.13 Å². The second-order valence-electron chi connectivity index (χ2n) is 14.9. The zero-order valence-corrected chi connectivity index (χ0v) is 30.9. The molecule has 0 saturated heterocycles. The minimum Gasteiger partial charge on any atom is -0.455 e. The average molecular weight is 727 g/mol. The fourth-order valence-corrected chi connectivity index (χ4v) is 9.14. The van der Waals surface area contributed by atoms with E-state index in [-0.39, 0.29) is 0 Å². The maximum Gasteiger partial charge on any atom is 0.145 e. The number of fused-ring (bicyclic) bond motifs is 9. The van der Waals surface area contributed by atoms with Gasteiger partial charge in [-0.05, 0) is 88.5 Å². The lowest BCUT2D eigenvalue weighted by molar-refractivity contribution is 0.670. The van der Waals surface area contributed by atoms with Gasteiger partial charge in [-0.25, -0.2) is 0 Å². The Morgan fingerprint density at radius 3 is 1.70 bits per heavy atom. The number of hydrogen-bond acceptors (Lipinski definition) is 1. The Kier molecular flexibility index (Phi) is 6.93. The summed E-state index contributed by atoms with van der Waals surface area (Å²) in [6.45, 7) is 0. The number of nitrogens with zero attached hydrogens (tertiary/aromatic N) is 2. The van der Waals surface area contributed by atoms with Crippen LogP contribution in [-0.2, 0) is 0 Å². The van der Waals surface area contributed by atoms with E-state index < -0.39 is 0 Å². The van der Waals surface area contributed by atoms with Crippen molar-refractivity contribution in [2.45, 2.75) is 0 Å². The van der Waals surface area contributed by atoms with Crippen LogP contribution < -0.4 is 0 Å². The van der Waals surface area contributed by atoms with Crippen molar-refractivity contribution in [1.29, 1.82) is 0 Å². The molecule has 0 bridgehead atoms. The SMILES string of the molecule is c1ccc(-c2cccc(-n3c4ccccc4c4cc(-c5ccc6c7ccccc7n(-c7ccc(-c8ccccc8)c8oc9ccccc9c78)c6c5)ccc43)c2)cc1. The zero-order valence-electron chi connectivity index (χ0n) is 30.9. The van der Waals surface area contributed by atoms with Gasteiger partial charge in [0.05, 0.1) is 33.1 Å². The second kappa shape index (κ2) is 12.5. The Balaban J connectivity index is 1.07. The Morgan fingerprint density at radius 2 is 0.895 bits per heavy atom. The van der Waals surface area contributed by atoms with Gasteiger partial charge in [0, 0.05) is 38.2 Å². The number of furan rings is 1. The molecule has 0 saturated carbocycles. The van der Waals surface area contributed by atoms with E-state index in [2.05, 4.69) is 215 Å². The van der Waals surface area contributed by atoms with E-state index >= 15 is 0 Å². The van der Waals surface area contributed by atoms with Crippen molar-refractivity contribution in [2.75, 3.05) is 0 Å². The third kappa shape index (κ3) is 4.86. The van der Waals surface area contributed by atoms with Gasteiger partial charge in [-0.1, -0.05) is 146 Å². The first-order valence-electron chi connectivity index (χ1n) is 19.5. The van der Waals surface area contributed by atoms with E-state index in [9.17, 15) is 0 Å². The summed E-state index contributed by atoms with van der Waals surface area (Å²) in [7, 11) is 0. The summed E-state index contributed by atoms with van der Waals surface area (Å²) in [4.78, 5) is 0. The molecule has 0 unspecified atom stereocenters. The maximum absolute atomic E-state index is 6.72. The van der Waals surface area contributed by atoms with Gasteiger partial charge in [-0.3, -0.25) is 0 Å². The first-order chi connectivity index (χ1) is 28.3. The van der Waals surface area contributed by atoms with E-state index in [4.69, 9.17) is 4.42 Å². The van der Waals surface area contributed by atoms with Crippen molar-refractivity contribution in [3.05, 3.63) is 206 Å². The molecule has 0 atom stereocenters. The third-order valence-corrected chi connectivity index (χ3v) is 11.7. The van der Waals surface area contributed by atoms with Crippen LogP contribution in [0.25, 0.3) is 110 Å². The normalized spacial score (nSPS) is 11.9. The standard InChI is InChI=1S/C54H34N2O/c1-3-14-35(15-4-1)37-18-13-19-40(32-37)55-47-23-10-8-21-43(47)46-33-38(27-30-49(46)55)39-26-28-44-42-20-7-11-24-48(42)56(51(44)34-39)50-31-29-41(36-16-5-2-6-17-36)54-53(50)45-22-9-12-25-52(45)57-54/h1-34H. The second-order valence-corrected chi connectivity index (χ2v) is 14.9. The molecule has 12 aromatic rings. The van der Waals surface area contributed by atoms with Gasteiger partial charge in [-0.2, -0.15) is 0 Å². The first-order valence-corrected chi connectivity index (χ1v) is 19.5. The predicted octanol–water partition coefficient (Wildman–Crippen LogP) is 14.8. The molecule has 12 rings (SSSR count). The van der Waals surface area contributed by atoms with Crippen LogP contribution in [0.4, 0.5) is 0 Å². The monoisotopic (exact) mass is 726 g/mol. The van der Waals surface area contributed by atoms with Gasteiger partial charge >= 0.3 is 0 Å². The topological polar surface area (TPSA) is 23.0 Å². The molecule has 0 aliphatic carbocycles. The van der Waals surface area contributed by atoms with Crippen molar-refractivity contribution in [3.8, 4) is 44.8 Å². The Morgan fingerprint density at radius 1 is 0.316 bits per heavy atom. The summed E-state index contributed by atoms with van der Waals surface area (Å²) in [5.74, 6) is 0. The maximum atomic E-state index is 6.72. The highest BCUT2D eigenvalue weighted by molar-refractivity contribution is 6.17. The van der Waals surface area contributed by atoms with Gasteiger partial charge in [0.2, 0.25) is 0 Å². The molecule has 3 heterocycles. The molecule has 3 nitrogen and oxygen atoms in total. The van der Waals surface area contributed by atoms with Crippen LogP contribution in [0.15, 0.2) is 211 Å². The molecular weight excluding hydrogens is 693 g/mol. The van der Waals surface area contributed by atoms with Crippen LogP contribution in [0, 0.1) is 0 Å². The first kappa shape index (κ1) is 31.7. The summed E-state index contributed by atoms with van der Waals surface area (Å²) >= 11 is 0. The lowest BCUT2D eigenvalue weighted by Crippen LogP contribution is -1.96. The highest BCUT2D eigenvalue weighted by Crippen LogP contribution is 2.43. The molecule has 0 fully saturated rings. The van der Waals surface area contributed by atoms with Crippen LogP contribution in [0.5, 0.6) is 0 Å². The summed E-state index contributed by atoms with van der Waals surface area (Å²) in [5.41, 5.74) is 15.7. The quantitative estimate of drug-likeness (QED) is 0.173. The Labute approximate surface area is 328 Å². The Hall–Kier alpha value is -7.62. The van der Waals surface area contributed by atoms with E-state index in [1.54, 1.807) is 0 Å². The number of rotatable bonds is 5. The molecule has 0 radical (unpaired) electrons. The molecule has 3 heteroatoms. The molecule has 266 valence electrons. The minimum absolute atomic E-state index is 0.887. The van der Waals surface area contributed by atoms with E-state index in [0.29, 0.717) is 0 Å². The summed E-state index contributed by atoms with van der Waals surface area (Å²) < 4.78 is 11.6. The van der Waals surface area contributed by atoms with Crippen LogP contribution in [0.3, 0.4) is 0 Å². The molecule has 0 N–H and O–H groups in total. The van der Waals surface area contributed by atoms with Crippen molar-refractivity contribution < 1.29 is 4.42 Å². The highest BCUT2D eigenvalue weighted by Gasteiger charge is 2.21. The van der Waals surface area contributed by atoms with E-state index in [1.807, 2.05) is 0 Å². The lowest BCUT2D eigenvalue weighted by atomic mass is 10.00. The largest absolute Gasteiger partial charge is 0.455 e. The van der Waals surface area contributed by atoms with Crippen LogP contribution in [0.1, 0.15) is 0 Å². The van der Waals surface area contributed by atoms with Gasteiger partial charge in [-0.15, -0.1) is 0 Å². The van der Waals surface area contributed by atoms with Crippen LogP contribution >= 0.6 is 0 Å². The van der Waals surface area contributed by atoms with Crippen LogP contribution in [-0.4, -0.2) is 9.13 Å². The number of hydrogen-bond donors (Lipinski definition) is 0. The lowest BCUT2D eigenvalue weighted by Gasteiger charge is -2.13. The van der Waals surface area contributed by atoms with Crippen LogP contribution in [0.2, 0.25) is 0 Å². The molecule has 9 aromatic carbocycles. The number of para-hydroxylation sites is 3. The Bertz CT molecular complexity index is 3510. The van der Waals surface area contributed by atoms with Crippen molar-refractivity contribution >= 4 is 65.6 Å². The van der Waals surface area contributed by atoms with Gasteiger partial charge in [0.15, 0.2) is 0 Å². The molecular formula is C54H34N2O. The fourth-order valence-electron chi connectivity index (χ4n) is 9.14. The average Bonchev–Trinajstić information content (AvgIpc) is 3.94. The summed E-state index contributed by atoms with van der Waals surface area (Å²) in [6, 6.07) is 74.4. The molecule has 0 aliphatic heterocycles. The predicted molar refractivity (Wildman–Crippen MR) is 239 cm³/mol. The molecule has 57 heavy (non-hydrogen) atoms.